The first-order chi connectivity index (χ1) is 30.8. The zero-order chi connectivity index (χ0) is 45.5. The predicted molar refractivity (Wildman–Crippen MR) is 247 cm³/mol. The number of amides is 5. The quantitative estimate of drug-likeness (QED) is 0.0830. The second kappa shape index (κ2) is 22.1. The zero-order valence-electron chi connectivity index (χ0n) is 36.7. The normalized spacial score (nSPS) is 13.4. The van der Waals surface area contributed by atoms with E-state index in [-0.39, 0.29) is 24.9 Å². The maximum atomic E-state index is 12.9. The molecule has 5 amide bonds. The van der Waals surface area contributed by atoms with Crippen LogP contribution in [-0.4, -0.2) is 88.8 Å². The number of anilines is 3. The molecule has 15 nitrogen and oxygen atoms in total. The molecule has 2 aliphatic heterocycles. The van der Waals surface area contributed by atoms with Crippen molar-refractivity contribution in [3.8, 4) is 11.5 Å². The van der Waals surface area contributed by atoms with E-state index in [0.717, 1.165) is 59.0 Å². The van der Waals surface area contributed by atoms with E-state index in [0.29, 0.717) is 45.1 Å². The van der Waals surface area contributed by atoms with Gasteiger partial charge in [-0.3, -0.25) is 34.5 Å². The first-order valence-electron chi connectivity index (χ1n) is 21.4. The SMILES string of the molecule is CC(C)(C)N(CC(=O)N1CCCN1c1cccc(OCc2ccccc2)c1)C(=O)O.Nc1ccc(CNC(=O)NCC(=O)N2CCCN2c2cccc(OCc3ccccc3)c2)cc1. The van der Waals surface area contributed by atoms with Gasteiger partial charge < -0.3 is 30.9 Å². The summed E-state index contributed by atoms with van der Waals surface area (Å²) < 4.78 is 11.8. The molecule has 5 aromatic rings. The van der Waals surface area contributed by atoms with Gasteiger partial charge in [0.2, 0.25) is 0 Å². The maximum absolute atomic E-state index is 12.9. The Morgan fingerprint density at radius 1 is 0.625 bits per heavy atom. The highest BCUT2D eigenvalue weighted by Crippen LogP contribution is 2.28. The molecule has 2 aliphatic rings. The molecule has 336 valence electrons. The summed E-state index contributed by atoms with van der Waals surface area (Å²) in [6, 6.07) is 42.1. The average Bonchev–Trinajstić information content (AvgIpc) is 4.01. The molecule has 2 heterocycles. The van der Waals surface area contributed by atoms with Crippen molar-refractivity contribution in [2.24, 2.45) is 0 Å². The highest BCUT2D eigenvalue weighted by molar-refractivity contribution is 5.85. The van der Waals surface area contributed by atoms with Crippen LogP contribution in [0.2, 0.25) is 0 Å². The largest absolute Gasteiger partial charge is 0.489 e. The number of benzene rings is 5. The molecular weight excluding hydrogens is 813 g/mol. The fourth-order valence-electron chi connectivity index (χ4n) is 7.16. The minimum absolute atomic E-state index is 0.0890. The van der Waals surface area contributed by atoms with Crippen LogP contribution in [0.1, 0.15) is 50.3 Å². The second-order valence-corrected chi connectivity index (χ2v) is 16.3. The van der Waals surface area contributed by atoms with Crippen LogP contribution < -0.4 is 35.9 Å². The summed E-state index contributed by atoms with van der Waals surface area (Å²) in [7, 11) is 0. The molecule has 5 aromatic carbocycles. The van der Waals surface area contributed by atoms with Gasteiger partial charge in [0.05, 0.1) is 11.4 Å². The van der Waals surface area contributed by atoms with E-state index in [9.17, 15) is 24.3 Å². The fraction of sp³-hybridized carbons (Fsp3) is 0.306. The Morgan fingerprint density at radius 3 is 1.61 bits per heavy atom. The van der Waals surface area contributed by atoms with Crippen molar-refractivity contribution in [3.05, 3.63) is 150 Å². The number of hydrogen-bond acceptors (Lipinski definition) is 9. The summed E-state index contributed by atoms with van der Waals surface area (Å²) in [4.78, 5) is 50.7. The van der Waals surface area contributed by atoms with Gasteiger partial charge in [0.25, 0.3) is 11.8 Å². The van der Waals surface area contributed by atoms with Crippen LogP contribution in [0.15, 0.2) is 133 Å². The number of ether oxygens (including phenoxy) is 2. The van der Waals surface area contributed by atoms with Gasteiger partial charge in [-0.2, -0.15) is 0 Å². The number of nitrogen functional groups attached to an aromatic ring is 1. The Labute approximate surface area is 374 Å². The van der Waals surface area contributed by atoms with Crippen LogP contribution in [0, 0.1) is 0 Å². The van der Waals surface area contributed by atoms with E-state index in [1.54, 1.807) is 42.9 Å². The number of nitrogens with one attached hydrogen (secondary N) is 2. The van der Waals surface area contributed by atoms with Gasteiger partial charge >= 0.3 is 12.1 Å². The molecule has 64 heavy (non-hydrogen) atoms. The van der Waals surface area contributed by atoms with Gasteiger partial charge in [-0.05, 0) is 86.7 Å². The summed E-state index contributed by atoms with van der Waals surface area (Å²) in [5.41, 5.74) is 10.5. The number of hydrogen-bond donors (Lipinski definition) is 4. The molecule has 0 saturated carbocycles. The molecule has 2 fully saturated rings. The van der Waals surface area contributed by atoms with Crippen molar-refractivity contribution in [1.82, 2.24) is 25.6 Å². The van der Waals surface area contributed by atoms with Crippen LogP contribution in [0.5, 0.6) is 11.5 Å². The third-order valence-corrected chi connectivity index (χ3v) is 10.5. The van der Waals surface area contributed by atoms with Gasteiger partial charge in [0.15, 0.2) is 0 Å². The number of urea groups is 1. The number of nitrogens with two attached hydrogens (primary N) is 1. The van der Waals surface area contributed by atoms with E-state index in [1.807, 2.05) is 131 Å². The molecule has 2 saturated heterocycles. The lowest BCUT2D eigenvalue weighted by Gasteiger charge is -2.36. The first kappa shape index (κ1) is 46.1. The number of nitrogens with zero attached hydrogens (tertiary/aromatic N) is 5. The van der Waals surface area contributed by atoms with Gasteiger partial charge in [-0.25, -0.2) is 9.59 Å². The van der Waals surface area contributed by atoms with Crippen molar-refractivity contribution < 1.29 is 33.8 Å². The molecule has 0 atom stereocenters. The summed E-state index contributed by atoms with van der Waals surface area (Å²) in [5.74, 6) is 1.05. The third-order valence-electron chi connectivity index (χ3n) is 10.5. The van der Waals surface area contributed by atoms with Crippen molar-refractivity contribution in [2.75, 3.05) is 55.0 Å². The van der Waals surface area contributed by atoms with Crippen LogP contribution in [0.3, 0.4) is 0 Å². The van der Waals surface area contributed by atoms with E-state index in [4.69, 9.17) is 15.2 Å². The van der Waals surface area contributed by atoms with Crippen LogP contribution in [-0.2, 0) is 29.3 Å². The fourth-order valence-corrected chi connectivity index (χ4v) is 7.16. The topological polar surface area (TPSA) is 173 Å². The standard InChI is InChI=1S/C26H29N5O3.C23H29N3O4/c27-22-12-10-20(11-13-22)17-28-26(33)29-18-25(32)31-15-5-14-30(31)23-8-4-9-24(16-23)34-19-21-6-2-1-3-7-21;1-23(2,3)24(22(28)29)16-21(27)26-14-8-13-25(26)19-11-7-12-20(15-19)30-17-18-9-5-4-6-10-18/h1-4,6-13,16H,5,14-15,17-19,27H2,(H2,28,29,33);4-7,9-12,15H,8,13-14,16-17H2,1-3H3,(H,28,29). The molecule has 7 rings (SSSR count). The second-order valence-electron chi connectivity index (χ2n) is 16.3. The molecule has 0 bridgehead atoms. The Kier molecular flexibility index (Phi) is 15.9. The predicted octanol–water partition coefficient (Wildman–Crippen LogP) is 7.30. The van der Waals surface area contributed by atoms with E-state index >= 15 is 0 Å². The molecule has 0 radical (unpaired) electrons. The average molecular weight is 871 g/mol. The number of carbonyl (C=O) groups is 4. The van der Waals surface area contributed by atoms with Gasteiger partial charge in [0.1, 0.15) is 37.8 Å². The lowest BCUT2D eigenvalue weighted by molar-refractivity contribution is -0.132. The van der Waals surface area contributed by atoms with Crippen molar-refractivity contribution in [1.29, 1.82) is 0 Å². The number of carboxylic acid groups (broad SMARTS) is 1. The number of carbonyl (C=O) groups excluding carboxylic acids is 3. The van der Waals surface area contributed by atoms with Crippen LogP contribution in [0.25, 0.3) is 0 Å². The minimum Gasteiger partial charge on any atom is -0.489 e. The van der Waals surface area contributed by atoms with Crippen molar-refractivity contribution >= 4 is 41.0 Å². The molecule has 0 spiro atoms. The summed E-state index contributed by atoms with van der Waals surface area (Å²) in [6.07, 6.45) is 0.575. The molecule has 0 aliphatic carbocycles. The minimum atomic E-state index is -1.10. The molecule has 0 aromatic heterocycles. The van der Waals surface area contributed by atoms with Crippen molar-refractivity contribution in [3.63, 3.8) is 0 Å². The van der Waals surface area contributed by atoms with Crippen LogP contribution >= 0.6 is 0 Å². The monoisotopic (exact) mass is 870 g/mol. The summed E-state index contributed by atoms with van der Waals surface area (Å²) in [5, 5.41) is 22.0. The number of rotatable bonds is 14. The van der Waals surface area contributed by atoms with E-state index in [1.165, 1.54) is 4.90 Å². The Balaban J connectivity index is 0.000000214. The Morgan fingerprint density at radius 2 is 1.12 bits per heavy atom. The highest BCUT2D eigenvalue weighted by atomic mass is 16.5. The molecule has 0 unspecified atom stereocenters. The Bertz CT molecular complexity index is 2310. The smallest absolute Gasteiger partial charge is 0.408 e. The van der Waals surface area contributed by atoms with Gasteiger partial charge in [0, 0.05) is 56.1 Å². The molecule has 5 N–H and O–H groups in total. The summed E-state index contributed by atoms with van der Waals surface area (Å²) >= 11 is 0. The zero-order valence-corrected chi connectivity index (χ0v) is 36.7. The lowest BCUT2D eigenvalue weighted by atomic mass is 10.1. The highest BCUT2D eigenvalue weighted by Gasteiger charge is 2.34. The first-order valence-corrected chi connectivity index (χ1v) is 21.4. The summed E-state index contributed by atoms with van der Waals surface area (Å²) in [6.45, 7) is 8.94. The van der Waals surface area contributed by atoms with Crippen LogP contribution in [0.4, 0.5) is 26.7 Å². The van der Waals surface area contributed by atoms with Gasteiger partial charge in [-0.15, -0.1) is 0 Å². The van der Waals surface area contributed by atoms with E-state index < -0.39 is 17.7 Å². The third kappa shape index (κ3) is 13.3. The Hall–Kier alpha value is -7.42. The lowest BCUT2D eigenvalue weighted by Crippen LogP contribution is -2.52. The van der Waals surface area contributed by atoms with E-state index in [2.05, 4.69) is 10.6 Å². The van der Waals surface area contributed by atoms with Gasteiger partial charge in [-0.1, -0.05) is 84.9 Å². The van der Waals surface area contributed by atoms with Crippen molar-refractivity contribution in [2.45, 2.75) is 58.9 Å². The number of hydrazine groups is 2. The molecular formula is C49H58N8O7. The molecule has 15 heteroatoms. The maximum Gasteiger partial charge on any atom is 0.408 e.